The van der Waals surface area contributed by atoms with Gasteiger partial charge in [-0.25, -0.2) is 9.31 Å². The highest BCUT2D eigenvalue weighted by Crippen LogP contribution is 2.33. The van der Waals surface area contributed by atoms with E-state index >= 15 is 0 Å². The minimum atomic E-state index is -0.571. The third-order valence-electron chi connectivity index (χ3n) is 4.83. The number of aromatic nitrogens is 3. The zero-order chi connectivity index (χ0) is 19.7. The van der Waals surface area contributed by atoms with Crippen molar-refractivity contribution in [2.24, 2.45) is 0 Å². The van der Waals surface area contributed by atoms with Gasteiger partial charge < -0.3 is 19.9 Å². The van der Waals surface area contributed by atoms with Crippen LogP contribution in [0.3, 0.4) is 0 Å². The molecule has 8 nitrogen and oxygen atoms in total. The van der Waals surface area contributed by atoms with E-state index in [1.54, 1.807) is 6.92 Å². The second kappa shape index (κ2) is 7.47. The Bertz CT molecular complexity index is 1080. The highest BCUT2D eigenvalue weighted by Gasteiger charge is 2.24. The summed E-state index contributed by atoms with van der Waals surface area (Å²) in [5, 5.41) is 8.02. The van der Waals surface area contributed by atoms with E-state index in [1.165, 1.54) is 10.7 Å². The number of nitrogens with one attached hydrogen (secondary N) is 2. The van der Waals surface area contributed by atoms with E-state index in [0.717, 1.165) is 48.7 Å². The SMILES string of the molecule is CCOC(=O)c1cn2nc(N3CCNCC3)c(-c3cccc(C)c3)c2c(=O)[nH]1. The summed E-state index contributed by atoms with van der Waals surface area (Å²) >= 11 is 0. The molecule has 4 rings (SSSR count). The number of nitrogens with zero attached hydrogens (tertiary/aromatic N) is 3. The van der Waals surface area contributed by atoms with Gasteiger partial charge in [-0.3, -0.25) is 4.79 Å². The lowest BCUT2D eigenvalue weighted by atomic mass is 10.0. The summed E-state index contributed by atoms with van der Waals surface area (Å²) in [4.78, 5) is 29.9. The van der Waals surface area contributed by atoms with Gasteiger partial charge in [-0.1, -0.05) is 29.8 Å². The zero-order valence-corrected chi connectivity index (χ0v) is 16.0. The molecule has 2 aromatic heterocycles. The van der Waals surface area contributed by atoms with Gasteiger partial charge in [-0.2, -0.15) is 0 Å². The fraction of sp³-hybridized carbons (Fsp3) is 0.350. The Morgan fingerprint density at radius 1 is 1.29 bits per heavy atom. The van der Waals surface area contributed by atoms with Crippen molar-refractivity contribution >= 4 is 17.3 Å². The molecule has 1 aromatic carbocycles. The normalized spacial score (nSPS) is 14.4. The van der Waals surface area contributed by atoms with E-state index in [-0.39, 0.29) is 17.9 Å². The number of aromatic amines is 1. The molecule has 3 heterocycles. The minimum absolute atomic E-state index is 0.0875. The molecule has 0 radical (unpaired) electrons. The molecule has 2 N–H and O–H groups in total. The summed E-state index contributed by atoms with van der Waals surface area (Å²) in [6.45, 7) is 7.27. The van der Waals surface area contributed by atoms with Gasteiger partial charge in [0.2, 0.25) is 0 Å². The highest BCUT2D eigenvalue weighted by molar-refractivity contribution is 5.91. The van der Waals surface area contributed by atoms with Crippen molar-refractivity contribution in [2.45, 2.75) is 13.8 Å². The zero-order valence-electron chi connectivity index (χ0n) is 16.0. The second-order valence-corrected chi connectivity index (χ2v) is 6.82. The number of fused-ring (bicyclic) bond motifs is 1. The molecule has 146 valence electrons. The van der Waals surface area contributed by atoms with Crippen LogP contribution in [-0.4, -0.2) is 53.4 Å². The predicted octanol–water partition coefficient (Wildman–Crippen LogP) is 1.58. The van der Waals surface area contributed by atoms with Crippen LogP contribution in [-0.2, 0) is 4.74 Å². The maximum atomic E-state index is 12.9. The lowest BCUT2D eigenvalue weighted by Gasteiger charge is -2.28. The van der Waals surface area contributed by atoms with Crippen LogP contribution in [0.25, 0.3) is 16.6 Å². The fourth-order valence-corrected chi connectivity index (χ4v) is 3.55. The number of anilines is 1. The van der Waals surface area contributed by atoms with Crippen LogP contribution in [0.1, 0.15) is 23.0 Å². The molecule has 1 saturated heterocycles. The van der Waals surface area contributed by atoms with Gasteiger partial charge in [0, 0.05) is 26.2 Å². The van der Waals surface area contributed by atoms with Crippen molar-refractivity contribution in [3.05, 3.63) is 52.1 Å². The molecule has 0 aliphatic carbocycles. The molecule has 1 aliphatic heterocycles. The number of rotatable bonds is 4. The molecule has 3 aromatic rings. The van der Waals surface area contributed by atoms with Gasteiger partial charge >= 0.3 is 5.97 Å². The Hall–Kier alpha value is -3.13. The van der Waals surface area contributed by atoms with Crippen LogP contribution in [0, 0.1) is 6.92 Å². The number of piperazine rings is 1. The highest BCUT2D eigenvalue weighted by atomic mass is 16.5. The largest absolute Gasteiger partial charge is 0.461 e. The molecule has 0 unspecified atom stereocenters. The number of carbonyl (C=O) groups is 1. The van der Waals surface area contributed by atoms with Gasteiger partial charge in [0.05, 0.1) is 18.4 Å². The summed E-state index contributed by atoms with van der Waals surface area (Å²) in [6.07, 6.45) is 1.53. The number of H-pyrrole nitrogens is 1. The Kier molecular flexibility index (Phi) is 4.87. The quantitative estimate of drug-likeness (QED) is 0.667. The van der Waals surface area contributed by atoms with Crippen LogP contribution in [0.4, 0.5) is 5.82 Å². The summed E-state index contributed by atoms with van der Waals surface area (Å²) in [6, 6.07) is 8.01. The van der Waals surface area contributed by atoms with Crippen molar-refractivity contribution < 1.29 is 9.53 Å². The lowest BCUT2D eigenvalue weighted by molar-refractivity contribution is 0.0518. The van der Waals surface area contributed by atoms with E-state index in [9.17, 15) is 9.59 Å². The summed E-state index contributed by atoms with van der Waals surface area (Å²) < 4.78 is 6.52. The first kappa shape index (κ1) is 18.2. The molecular weight excluding hydrogens is 358 g/mol. The molecule has 1 fully saturated rings. The van der Waals surface area contributed by atoms with Crippen LogP contribution < -0.4 is 15.8 Å². The summed E-state index contributed by atoms with van der Waals surface area (Å²) in [7, 11) is 0. The number of ether oxygens (including phenoxy) is 1. The molecule has 0 saturated carbocycles. The summed E-state index contributed by atoms with van der Waals surface area (Å²) in [5.74, 6) is 0.177. The average Bonchev–Trinajstić information content (AvgIpc) is 3.09. The van der Waals surface area contributed by atoms with E-state index < -0.39 is 5.97 Å². The van der Waals surface area contributed by atoms with E-state index in [0.29, 0.717) is 5.52 Å². The van der Waals surface area contributed by atoms with Gasteiger partial charge in [-0.05, 0) is 19.4 Å². The standard InChI is InChI=1S/C20H23N5O3/c1-3-28-20(27)15-12-25-17(19(26)22-15)16(14-6-4-5-13(2)11-14)18(23-25)24-9-7-21-8-10-24/h4-6,11-12,21H,3,7-10H2,1-2H3,(H,22,26). The van der Waals surface area contributed by atoms with E-state index in [4.69, 9.17) is 9.84 Å². The number of aryl methyl sites for hydroxylation is 1. The first-order chi connectivity index (χ1) is 13.6. The van der Waals surface area contributed by atoms with E-state index in [2.05, 4.69) is 15.2 Å². The monoisotopic (exact) mass is 381 g/mol. The van der Waals surface area contributed by atoms with Crippen molar-refractivity contribution in [3.63, 3.8) is 0 Å². The molecule has 0 amide bonds. The molecule has 0 spiro atoms. The van der Waals surface area contributed by atoms with Crippen molar-refractivity contribution in [1.29, 1.82) is 0 Å². The van der Waals surface area contributed by atoms with E-state index in [1.807, 2.05) is 31.2 Å². The number of hydrogen-bond acceptors (Lipinski definition) is 6. The smallest absolute Gasteiger partial charge is 0.356 e. The maximum Gasteiger partial charge on any atom is 0.356 e. The number of carbonyl (C=O) groups excluding carboxylic acids is 1. The van der Waals surface area contributed by atoms with Gasteiger partial charge in [0.25, 0.3) is 5.56 Å². The first-order valence-electron chi connectivity index (χ1n) is 9.44. The second-order valence-electron chi connectivity index (χ2n) is 6.82. The van der Waals surface area contributed by atoms with Crippen LogP contribution in [0.5, 0.6) is 0 Å². The molecule has 0 atom stereocenters. The van der Waals surface area contributed by atoms with Crippen molar-refractivity contribution in [1.82, 2.24) is 19.9 Å². The molecule has 28 heavy (non-hydrogen) atoms. The Balaban J connectivity index is 1.95. The number of esters is 1. The minimum Gasteiger partial charge on any atom is -0.461 e. The summed E-state index contributed by atoms with van der Waals surface area (Å²) in [5.41, 5.74) is 2.95. The first-order valence-corrected chi connectivity index (χ1v) is 9.44. The van der Waals surface area contributed by atoms with Crippen LogP contribution in [0.15, 0.2) is 35.3 Å². The Labute approximate surface area is 162 Å². The van der Waals surface area contributed by atoms with Crippen LogP contribution >= 0.6 is 0 Å². The number of benzene rings is 1. The fourth-order valence-electron chi connectivity index (χ4n) is 3.55. The molecule has 8 heteroatoms. The van der Waals surface area contributed by atoms with Gasteiger partial charge in [0.1, 0.15) is 11.2 Å². The van der Waals surface area contributed by atoms with Gasteiger partial charge in [-0.15, -0.1) is 5.10 Å². The van der Waals surface area contributed by atoms with Crippen molar-refractivity contribution in [2.75, 3.05) is 37.7 Å². The van der Waals surface area contributed by atoms with Gasteiger partial charge in [0.15, 0.2) is 5.82 Å². The molecule has 0 bridgehead atoms. The average molecular weight is 381 g/mol. The molecule has 1 aliphatic rings. The maximum absolute atomic E-state index is 12.9. The third kappa shape index (κ3) is 3.27. The predicted molar refractivity (Wildman–Crippen MR) is 107 cm³/mol. The Morgan fingerprint density at radius 3 is 2.79 bits per heavy atom. The Morgan fingerprint density at radius 2 is 2.07 bits per heavy atom. The van der Waals surface area contributed by atoms with Crippen molar-refractivity contribution in [3.8, 4) is 11.1 Å². The topological polar surface area (TPSA) is 91.7 Å². The molecular formula is C20H23N5O3. The number of hydrogen-bond donors (Lipinski definition) is 2. The lowest BCUT2D eigenvalue weighted by Crippen LogP contribution is -2.43. The van der Waals surface area contributed by atoms with Crippen LogP contribution in [0.2, 0.25) is 0 Å². The third-order valence-corrected chi connectivity index (χ3v) is 4.83.